The van der Waals surface area contributed by atoms with Crippen molar-refractivity contribution in [3.05, 3.63) is 92.5 Å². The lowest BCUT2D eigenvalue weighted by Crippen LogP contribution is -2.39. The fourth-order valence-electron chi connectivity index (χ4n) is 3.01. The molecule has 0 spiro atoms. The lowest BCUT2D eigenvalue weighted by molar-refractivity contribution is 0.486. The number of halogens is 1. The summed E-state index contributed by atoms with van der Waals surface area (Å²) in [6, 6.07) is 17.8. The predicted molar refractivity (Wildman–Crippen MR) is 137 cm³/mol. The van der Waals surface area contributed by atoms with E-state index < -0.39 is 0 Å². The Morgan fingerprint density at radius 3 is 2.53 bits per heavy atom. The van der Waals surface area contributed by atoms with Crippen molar-refractivity contribution in [2.24, 2.45) is 4.99 Å². The average molecular weight is 536 g/mol. The molecule has 0 bridgehead atoms. The summed E-state index contributed by atoms with van der Waals surface area (Å²) in [6.07, 6.45) is 2.83. The third kappa shape index (κ3) is 7.28. The van der Waals surface area contributed by atoms with E-state index in [1.807, 2.05) is 12.3 Å². The molecule has 2 heterocycles. The molecule has 0 fully saturated rings. The van der Waals surface area contributed by atoms with E-state index >= 15 is 0 Å². The molecule has 1 aromatic carbocycles. The number of thiophene rings is 1. The Bertz CT molecular complexity index is 967. The minimum atomic E-state index is 0. The minimum Gasteiger partial charge on any atom is -0.357 e. The summed E-state index contributed by atoms with van der Waals surface area (Å²) in [6.45, 7) is 5.06. The van der Waals surface area contributed by atoms with Crippen molar-refractivity contribution in [3.8, 4) is 0 Å². The number of hydrogen-bond acceptors (Lipinski definition) is 3. The van der Waals surface area contributed by atoms with Crippen molar-refractivity contribution in [3.63, 3.8) is 0 Å². The smallest absolute Gasteiger partial charge is 0.250 e. The number of likely N-dealkylation sites (N-methyl/N-ethyl adjacent to an activating group) is 1. The molecule has 0 amide bonds. The van der Waals surface area contributed by atoms with Gasteiger partial charge < -0.3 is 14.8 Å². The third-order valence-electron chi connectivity index (χ3n) is 4.66. The highest BCUT2D eigenvalue weighted by molar-refractivity contribution is 14.0. The van der Waals surface area contributed by atoms with Crippen molar-refractivity contribution >= 4 is 41.3 Å². The number of guanidine groups is 1. The van der Waals surface area contributed by atoms with Crippen LogP contribution in [0.25, 0.3) is 0 Å². The second-order valence-corrected chi connectivity index (χ2v) is 7.94. The second-order valence-electron chi connectivity index (χ2n) is 6.90. The topological polar surface area (TPSA) is 49.6 Å². The maximum absolute atomic E-state index is 11.9. The predicted octanol–water partition coefficient (Wildman–Crippen LogP) is 4.22. The van der Waals surface area contributed by atoms with Crippen LogP contribution in [0.1, 0.15) is 22.9 Å². The average Bonchev–Trinajstić information content (AvgIpc) is 3.26. The molecule has 0 saturated carbocycles. The van der Waals surface area contributed by atoms with E-state index in [0.717, 1.165) is 36.6 Å². The van der Waals surface area contributed by atoms with E-state index in [0.29, 0.717) is 13.1 Å². The molecule has 30 heavy (non-hydrogen) atoms. The Kier molecular flexibility index (Phi) is 10.1. The van der Waals surface area contributed by atoms with Gasteiger partial charge in [0, 0.05) is 37.3 Å². The van der Waals surface area contributed by atoms with Crippen LogP contribution < -0.4 is 10.9 Å². The molecule has 0 radical (unpaired) electrons. The van der Waals surface area contributed by atoms with E-state index in [9.17, 15) is 4.79 Å². The van der Waals surface area contributed by atoms with Crippen LogP contribution in [0, 0.1) is 0 Å². The highest BCUT2D eigenvalue weighted by Crippen LogP contribution is 2.10. The van der Waals surface area contributed by atoms with E-state index in [-0.39, 0.29) is 29.5 Å². The van der Waals surface area contributed by atoms with Gasteiger partial charge in [-0.2, -0.15) is 0 Å². The SMILES string of the molecule is CCNC(=NCc1ccc(Cn2ccccc2=O)cc1)N(C)CCc1cccs1.I. The zero-order valence-corrected chi connectivity index (χ0v) is 20.6. The van der Waals surface area contributed by atoms with Crippen molar-refractivity contribution in [1.82, 2.24) is 14.8 Å². The Morgan fingerprint density at radius 2 is 1.87 bits per heavy atom. The van der Waals surface area contributed by atoms with Gasteiger partial charge >= 0.3 is 0 Å². The van der Waals surface area contributed by atoms with Crippen LogP contribution in [0.3, 0.4) is 0 Å². The Balaban J connectivity index is 0.00000320. The molecule has 0 aliphatic carbocycles. The van der Waals surface area contributed by atoms with Gasteiger partial charge in [-0.25, -0.2) is 4.99 Å². The number of aliphatic imine (C=N–C) groups is 1. The van der Waals surface area contributed by atoms with Crippen molar-refractivity contribution in [2.45, 2.75) is 26.4 Å². The van der Waals surface area contributed by atoms with E-state index in [1.165, 1.54) is 4.88 Å². The molecule has 0 saturated heterocycles. The van der Waals surface area contributed by atoms with Gasteiger partial charge in [0.1, 0.15) is 0 Å². The van der Waals surface area contributed by atoms with Crippen LogP contribution in [0.4, 0.5) is 0 Å². The van der Waals surface area contributed by atoms with E-state index in [2.05, 4.69) is 66.0 Å². The van der Waals surface area contributed by atoms with E-state index in [1.54, 1.807) is 28.0 Å². The van der Waals surface area contributed by atoms with Crippen LogP contribution in [-0.2, 0) is 19.5 Å². The molecule has 3 rings (SSSR count). The zero-order valence-electron chi connectivity index (χ0n) is 17.5. The zero-order chi connectivity index (χ0) is 20.5. The van der Waals surface area contributed by atoms with E-state index in [4.69, 9.17) is 4.99 Å². The van der Waals surface area contributed by atoms with Crippen molar-refractivity contribution in [2.75, 3.05) is 20.1 Å². The summed E-state index contributed by atoms with van der Waals surface area (Å²) in [5.74, 6) is 0.920. The molecular weight excluding hydrogens is 507 g/mol. The fraction of sp³-hybridized carbons (Fsp3) is 0.304. The van der Waals surface area contributed by atoms with Gasteiger partial charge in [-0.3, -0.25) is 4.79 Å². The second kappa shape index (κ2) is 12.5. The number of nitrogens with zero attached hydrogens (tertiary/aromatic N) is 3. The first kappa shape index (κ1) is 24.1. The number of rotatable bonds is 8. The molecule has 0 atom stereocenters. The van der Waals surface area contributed by atoms with Crippen molar-refractivity contribution in [1.29, 1.82) is 0 Å². The first-order valence-electron chi connectivity index (χ1n) is 9.91. The maximum atomic E-state index is 11.9. The molecule has 5 nitrogen and oxygen atoms in total. The van der Waals surface area contributed by atoms with Gasteiger partial charge in [-0.15, -0.1) is 35.3 Å². The molecule has 1 N–H and O–H groups in total. The largest absolute Gasteiger partial charge is 0.357 e. The van der Waals surface area contributed by atoms with Crippen LogP contribution in [-0.4, -0.2) is 35.6 Å². The monoisotopic (exact) mass is 536 g/mol. The number of pyridine rings is 1. The van der Waals surface area contributed by atoms with Gasteiger partial charge in [0.15, 0.2) is 5.96 Å². The summed E-state index contributed by atoms with van der Waals surface area (Å²) in [7, 11) is 2.08. The number of benzene rings is 1. The number of aromatic nitrogens is 1. The Morgan fingerprint density at radius 1 is 1.10 bits per heavy atom. The van der Waals surface area contributed by atoms with Crippen LogP contribution in [0.15, 0.2) is 76.0 Å². The summed E-state index contributed by atoms with van der Waals surface area (Å²) >= 11 is 1.79. The molecule has 0 unspecified atom stereocenters. The number of nitrogens with one attached hydrogen (secondary N) is 1. The lowest BCUT2D eigenvalue weighted by atomic mass is 10.1. The van der Waals surface area contributed by atoms with Gasteiger partial charge in [-0.05, 0) is 42.0 Å². The first-order chi connectivity index (χ1) is 14.2. The quantitative estimate of drug-likeness (QED) is 0.267. The molecule has 3 aromatic rings. The molecular formula is C23H29IN4OS. The van der Waals surface area contributed by atoms with Gasteiger partial charge in [0.05, 0.1) is 13.1 Å². The van der Waals surface area contributed by atoms with Gasteiger partial charge in [0.25, 0.3) is 5.56 Å². The summed E-state index contributed by atoms with van der Waals surface area (Å²) in [5, 5.41) is 5.49. The first-order valence-corrected chi connectivity index (χ1v) is 10.8. The molecule has 2 aromatic heterocycles. The van der Waals surface area contributed by atoms with Crippen LogP contribution >= 0.6 is 35.3 Å². The maximum Gasteiger partial charge on any atom is 0.250 e. The number of hydrogen-bond donors (Lipinski definition) is 1. The third-order valence-corrected chi connectivity index (χ3v) is 5.59. The molecule has 7 heteroatoms. The molecule has 0 aliphatic heterocycles. The van der Waals surface area contributed by atoms with Crippen LogP contribution in [0.2, 0.25) is 0 Å². The minimum absolute atomic E-state index is 0. The molecule has 160 valence electrons. The standard InChI is InChI=1S/C23H28N4OS.HI/c1-3-24-23(26(2)15-13-21-7-6-16-29-21)25-17-19-9-11-20(12-10-19)18-27-14-5-4-8-22(27)28;/h4-12,14,16H,3,13,15,17-18H2,1-2H3,(H,24,25);1H. The highest BCUT2D eigenvalue weighted by Gasteiger charge is 2.06. The lowest BCUT2D eigenvalue weighted by Gasteiger charge is -2.21. The summed E-state index contributed by atoms with van der Waals surface area (Å²) in [4.78, 5) is 20.2. The summed E-state index contributed by atoms with van der Waals surface area (Å²) in [5.41, 5.74) is 2.27. The fourth-order valence-corrected chi connectivity index (χ4v) is 3.71. The van der Waals surface area contributed by atoms with Crippen molar-refractivity contribution < 1.29 is 0 Å². The Labute approximate surface area is 199 Å². The highest BCUT2D eigenvalue weighted by atomic mass is 127. The van der Waals surface area contributed by atoms with Crippen LogP contribution in [0.5, 0.6) is 0 Å². The summed E-state index contributed by atoms with van der Waals surface area (Å²) < 4.78 is 1.71. The van der Waals surface area contributed by atoms with Gasteiger partial charge in [0.2, 0.25) is 0 Å². The molecule has 0 aliphatic rings. The Hall–Kier alpha value is -2.13. The van der Waals surface area contributed by atoms with Gasteiger partial charge in [-0.1, -0.05) is 36.4 Å². The normalized spacial score (nSPS) is 11.1.